The second-order valence-corrected chi connectivity index (χ2v) is 11.0. The lowest BCUT2D eigenvalue weighted by atomic mass is 9.86. The Hall–Kier alpha value is -1.92. The monoisotopic (exact) mass is 455 g/mol. The molecule has 2 heterocycles. The summed E-state index contributed by atoms with van der Waals surface area (Å²) in [6.45, 7) is 10.8. The van der Waals surface area contributed by atoms with Crippen LogP contribution in [-0.4, -0.2) is 73.1 Å². The van der Waals surface area contributed by atoms with E-state index < -0.39 is 0 Å². The average molecular weight is 456 g/mol. The van der Waals surface area contributed by atoms with Crippen LogP contribution in [0, 0.1) is 5.92 Å². The van der Waals surface area contributed by atoms with Crippen molar-refractivity contribution >= 4 is 11.8 Å². The van der Waals surface area contributed by atoms with Crippen LogP contribution in [0.4, 0.5) is 0 Å². The number of hydrogen-bond acceptors (Lipinski definition) is 4. The van der Waals surface area contributed by atoms with E-state index in [9.17, 15) is 9.59 Å². The third-order valence-electron chi connectivity index (χ3n) is 7.64. The molecule has 3 aliphatic rings. The van der Waals surface area contributed by atoms with E-state index in [1.807, 2.05) is 17.0 Å². The molecule has 0 spiro atoms. The summed E-state index contributed by atoms with van der Waals surface area (Å²) in [6, 6.07) is 7.96. The first-order chi connectivity index (χ1) is 15.8. The predicted molar refractivity (Wildman–Crippen MR) is 130 cm³/mol. The first-order valence-electron chi connectivity index (χ1n) is 12.9. The molecular weight excluding hydrogens is 414 g/mol. The van der Waals surface area contributed by atoms with Gasteiger partial charge in [0.1, 0.15) is 0 Å². The van der Waals surface area contributed by atoms with E-state index in [2.05, 4.69) is 43.1 Å². The third-order valence-corrected chi connectivity index (χ3v) is 7.64. The molecule has 33 heavy (non-hydrogen) atoms. The van der Waals surface area contributed by atoms with Crippen molar-refractivity contribution in [2.45, 2.75) is 76.9 Å². The molecule has 1 aromatic rings. The molecule has 0 aromatic heterocycles. The maximum Gasteiger partial charge on any atom is 0.253 e. The largest absolute Gasteiger partial charge is 0.376 e. The Morgan fingerprint density at radius 1 is 1.00 bits per heavy atom. The van der Waals surface area contributed by atoms with Crippen LogP contribution in [0.1, 0.15) is 75.2 Å². The molecule has 3 fully saturated rings. The van der Waals surface area contributed by atoms with Gasteiger partial charge in [-0.1, -0.05) is 45.7 Å². The summed E-state index contributed by atoms with van der Waals surface area (Å²) in [4.78, 5) is 30.6. The van der Waals surface area contributed by atoms with Crippen molar-refractivity contribution in [1.29, 1.82) is 0 Å². The highest BCUT2D eigenvalue weighted by Gasteiger charge is 2.37. The second kappa shape index (κ2) is 10.6. The fraction of sp³-hybridized carbons (Fsp3) is 0.704. The van der Waals surface area contributed by atoms with Gasteiger partial charge < -0.3 is 15.0 Å². The van der Waals surface area contributed by atoms with E-state index in [1.54, 1.807) is 0 Å². The van der Waals surface area contributed by atoms with Gasteiger partial charge in [0, 0.05) is 44.9 Å². The van der Waals surface area contributed by atoms with Crippen LogP contribution in [0.5, 0.6) is 0 Å². The number of amides is 2. The highest BCUT2D eigenvalue weighted by atomic mass is 16.5. The van der Waals surface area contributed by atoms with Gasteiger partial charge in [0.25, 0.3) is 5.91 Å². The number of carbonyl (C=O) groups is 2. The fourth-order valence-corrected chi connectivity index (χ4v) is 5.57. The molecule has 2 atom stereocenters. The van der Waals surface area contributed by atoms with E-state index >= 15 is 0 Å². The van der Waals surface area contributed by atoms with Gasteiger partial charge in [-0.25, -0.2) is 0 Å². The molecule has 2 saturated heterocycles. The molecule has 0 radical (unpaired) electrons. The van der Waals surface area contributed by atoms with Gasteiger partial charge in [0.2, 0.25) is 5.91 Å². The Bertz CT molecular complexity index is 797. The zero-order chi connectivity index (χ0) is 23.4. The van der Waals surface area contributed by atoms with Gasteiger partial charge in [-0.3, -0.25) is 14.5 Å². The molecule has 1 aliphatic carbocycles. The molecule has 4 rings (SSSR count). The summed E-state index contributed by atoms with van der Waals surface area (Å²) < 4.78 is 5.69. The van der Waals surface area contributed by atoms with E-state index in [1.165, 1.54) is 18.4 Å². The molecule has 0 bridgehead atoms. The smallest absolute Gasteiger partial charge is 0.253 e. The van der Waals surface area contributed by atoms with Crippen LogP contribution in [0.15, 0.2) is 24.3 Å². The fourth-order valence-electron chi connectivity index (χ4n) is 5.57. The molecule has 6 heteroatoms. The summed E-state index contributed by atoms with van der Waals surface area (Å²) in [5.41, 5.74) is 2.06. The number of nitrogens with one attached hydrogen (secondary N) is 1. The summed E-state index contributed by atoms with van der Waals surface area (Å²) in [5, 5.41) is 3.19. The molecule has 2 aliphatic heterocycles. The second-order valence-electron chi connectivity index (χ2n) is 11.0. The van der Waals surface area contributed by atoms with Crippen molar-refractivity contribution in [2.75, 3.05) is 39.3 Å². The summed E-state index contributed by atoms with van der Waals surface area (Å²) in [5.74, 6) is 0.659. The number of benzene rings is 1. The Labute approximate surface area is 199 Å². The van der Waals surface area contributed by atoms with Gasteiger partial charge in [-0.15, -0.1) is 0 Å². The molecule has 2 amide bonds. The zero-order valence-corrected chi connectivity index (χ0v) is 20.6. The molecule has 182 valence electrons. The predicted octanol–water partition coefficient (Wildman–Crippen LogP) is 3.60. The van der Waals surface area contributed by atoms with Gasteiger partial charge >= 0.3 is 0 Å². The van der Waals surface area contributed by atoms with Gasteiger partial charge in [0.05, 0.1) is 12.1 Å². The lowest BCUT2D eigenvalue weighted by Gasteiger charge is -2.41. The maximum absolute atomic E-state index is 13.2. The number of rotatable bonds is 6. The molecule has 1 aromatic carbocycles. The third kappa shape index (κ3) is 5.96. The van der Waals surface area contributed by atoms with Gasteiger partial charge in [-0.2, -0.15) is 0 Å². The highest BCUT2D eigenvalue weighted by molar-refractivity contribution is 5.94. The number of piperazine rings is 1. The maximum atomic E-state index is 13.2. The van der Waals surface area contributed by atoms with E-state index in [0.29, 0.717) is 25.6 Å². The van der Waals surface area contributed by atoms with Crippen LogP contribution in [0.3, 0.4) is 0 Å². The first kappa shape index (κ1) is 24.2. The summed E-state index contributed by atoms with van der Waals surface area (Å²) in [7, 11) is 0. The first-order valence-corrected chi connectivity index (χ1v) is 12.9. The van der Waals surface area contributed by atoms with Crippen molar-refractivity contribution in [1.82, 2.24) is 15.1 Å². The van der Waals surface area contributed by atoms with Gasteiger partial charge in [-0.05, 0) is 54.7 Å². The molecule has 1 N–H and O–H groups in total. The van der Waals surface area contributed by atoms with Crippen LogP contribution >= 0.6 is 0 Å². The van der Waals surface area contributed by atoms with Crippen LogP contribution in [0.2, 0.25) is 0 Å². The van der Waals surface area contributed by atoms with Crippen molar-refractivity contribution in [2.24, 2.45) is 5.92 Å². The van der Waals surface area contributed by atoms with Crippen LogP contribution in [0.25, 0.3) is 0 Å². The number of carbonyl (C=O) groups excluding carboxylic acids is 2. The molecule has 6 nitrogen and oxygen atoms in total. The topological polar surface area (TPSA) is 61.9 Å². The van der Waals surface area contributed by atoms with Crippen molar-refractivity contribution in [3.63, 3.8) is 0 Å². The van der Waals surface area contributed by atoms with Gasteiger partial charge in [0.15, 0.2) is 0 Å². The Kier molecular flexibility index (Phi) is 7.75. The van der Waals surface area contributed by atoms with Crippen molar-refractivity contribution in [3.8, 4) is 0 Å². The van der Waals surface area contributed by atoms with E-state index in [0.717, 1.165) is 50.9 Å². The lowest BCUT2D eigenvalue weighted by molar-refractivity contribution is -0.129. The highest BCUT2D eigenvalue weighted by Crippen LogP contribution is 2.31. The minimum absolute atomic E-state index is 0.0763. The van der Waals surface area contributed by atoms with Crippen molar-refractivity contribution in [3.05, 3.63) is 35.4 Å². The normalized spacial score (nSPS) is 23.6. The van der Waals surface area contributed by atoms with Crippen LogP contribution < -0.4 is 5.32 Å². The number of hydrogen-bond donors (Lipinski definition) is 1. The molecule has 1 saturated carbocycles. The summed E-state index contributed by atoms with van der Waals surface area (Å²) in [6.07, 6.45) is 6.95. The average Bonchev–Trinajstić information content (AvgIpc) is 3.52. The number of ether oxygens (including phenoxy) is 1. The Morgan fingerprint density at radius 3 is 2.24 bits per heavy atom. The minimum atomic E-state index is -0.0859. The molecule has 2 unspecified atom stereocenters. The van der Waals surface area contributed by atoms with E-state index in [-0.39, 0.29) is 29.4 Å². The number of nitrogens with zero attached hydrogens (tertiary/aromatic N) is 2. The zero-order valence-electron chi connectivity index (χ0n) is 20.6. The standard InChI is InChI=1S/C27H41N3O3/c1-27(2,3)22-12-10-21(11-13-22)26(32)30-16-14-29(15-17-30)24(20-7-4-5-8-20)25(31)28-19-23-9-6-18-33-23/h10-13,20,23-24H,4-9,14-19H2,1-3H3,(H,28,31). The Morgan fingerprint density at radius 2 is 1.67 bits per heavy atom. The SMILES string of the molecule is CC(C)(C)c1ccc(C(=O)N2CCN(C(C(=O)NCC3CCCO3)C3CCCC3)CC2)cc1. The van der Waals surface area contributed by atoms with Crippen molar-refractivity contribution < 1.29 is 14.3 Å². The van der Waals surface area contributed by atoms with E-state index in [4.69, 9.17) is 4.74 Å². The minimum Gasteiger partial charge on any atom is -0.376 e. The Balaban J connectivity index is 1.35. The lowest BCUT2D eigenvalue weighted by Crippen LogP contribution is -2.58. The summed E-state index contributed by atoms with van der Waals surface area (Å²) >= 11 is 0. The molecular formula is C27H41N3O3. The van der Waals surface area contributed by atoms with Crippen LogP contribution in [-0.2, 0) is 14.9 Å². The quantitative estimate of drug-likeness (QED) is 0.712.